The van der Waals surface area contributed by atoms with Crippen LogP contribution in [-0.4, -0.2) is 17.0 Å². The van der Waals surface area contributed by atoms with E-state index in [4.69, 9.17) is 11.6 Å². The zero-order valence-corrected chi connectivity index (χ0v) is 9.95. The molecule has 0 aliphatic heterocycles. The van der Waals surface area contributed by atoms with Crippen LogP contribution < -0.4 is 5.32 Å². The summed E-state index contributed by atoms with van der Waals surface area (Å²) in [5.74, 6) is -0.347. The lowest BCUT2D eigenvalue weighted by Crippen LogP contribution is -2.19. The van der Waals surface area contributed by atoms with E-state index in [1.807, 2.05) is 0 Å². The Hall–Kier alpha value is -1.52. The van der Waals surface area contributed by atoms with Gasteiger partial charge in [0.15, 0.2) is 0 Å². The van der Waals surface area contributed by atoms with E-state index in [-0.39, 0.29) is 11.9 Å². The Morgan fingerprint density at radius 2 is 2.00 bits per heavy atom. The maximum atomic E-state index is 13.8. The Morgan fingerprint density at radius 3 is 2.59 bits per heavy atom. The van der Waals surface area contributed by atoms with Crippen molar-refractivity contribution in [1.29, 1.82) is 0 Å². The van der Waals surface area contributed by atoms with Crippen LogP contribution in [0.5, 0.6) is 0 Å². The molecular formula is C12H11ClFN3. The molecule has 0 saturated heterocycles. The second-order valence-corrected chi connectivity index (χ2v) is 3.94. The standard InChI is InChI=1S/C12H11ClFN3/c1-15-12(8-5-16-7-17-6-8)11-9(13)3-2-4-10(11)14/h2-7,12,15H,1H3. The van der Waals surface area contributed by atoms with Gasteiger partial charge in [0.05, 0.1) is 6.04 Å². The van der Waals surface area contributed by atoms with Crippen LogP contribution in [0, 0.1) is 5.82 Å². The smallest absolute Gasteiger partial charge is 0.129 e. The minimum absolute atomic E-state index is 0.347. The summed E-state index contributed by atoms with van der Waals surface area (Å²) in [6.07, 6.45) is 4.70. The maximum absolute atomic E-state index is 13.8. The minimum Gasteiger partial charge on any atom is -0.309 e. The van der Waals surface area contributed by atoms with Crippen molar-refractivity contribution in [2.75, 3.05) is 7.05 Å². The summed E-state index contributed by atoms with van der Waals surface area (Å²) < 4.78 is 13.8. The molecule has 0 spiro atoms. The van der Waals surface area contributed by atoms with Gasteiger partial charge in [-0.1, -0.05) is 17.7 Å². The molecule has 0 amide bonds. The van der Waals surface area contributed by atoms with E-state index >= 15 is 0 Å². The lowest BCUT2D eigenvalue weighted by molar-refractivity contribution is 0.575. The first-order valence-electron chi connectivity index (χ1n) is 5.10. The van der Waals surface area contributed by atoms with Crippen LogP contribution >= 0.6 is 11.6 Å². The number of rotatable bonds is 3. The number of nitrogens with zero attached hydrogens (tertiary/aromatic N) is 2. The van der Waals surface area contributed by atoms with Crippen LogP contribution in [0.3, 0.4) is 0 Å². The highest BCUT2D eigenvalue weighted by Gasteiger charge is 2.19. The number of hydrogen-bond acceptors (Lipinski definition) is 3. The van der Waals surface area contributed by atoms with Crippen LogP contribution in [-0.2, 0) is 0 Å². The summed E-state index contributed by atoms with van der Waals surface area (Å²) >= 11 is 6.03. The molecule has 2 rings (SSSR count). The van der Waals surface area contributed by atoms with Crippen molar-refractivity contribution in [3.63, 3.8) is 0 Å². The molecule has 3 nitrogen and oxygen atoms in total. The fourth-order valence-corrected chi connectivity index (χ4v) is 2.00. The monoisotopic (exact) mass is 251 g/mol. The Labute approximate surface area is 104 Å². The highest BCUT2D eigenvalue weighted by molar-refractivity contribution is 6.31. The van der Waals surface area contributed by atoms with Gasteiger partial charge in [-0.3, -0.25) is 0 Å². The van der Waals surface area contributed by atoms with Gasteiger partial charge in [-0.15, -0.1) is 0 Å². The summed E-state index contributed by atoms with van der Waals surface area (Å²) in [7, 11) is 1.74. The van der Waals surface area contributed by atoms with E-state index in [1.54, 1.807) is 31.6 Å². The Morgan fingerprint density at radius 1 is 1.29 bits per heavy atom. The maximum Gasteiger partial charge on any atom is 0.129 e. The van der Waals surface area contributed by atoms with Crippen LogP contribution in [0.2, 0.25) is 5.02 Å². The van der Waals surface area contributed by atoms with Gasteiger partial charge in [-0.2, -0.15) is 0 Å². The van der Waals surface area contributed by atoms with Crippen LogP contribution in [0.25, 0.3) is 0 Å². The number of halogens is 2. The zero-order valence-electron chi connectivity index (χ0n) is 9.19. The lowest BCUT2D eigenvalue weighted by Gasteiger charge is -2.18. The number of hydrogen-bond donors (Lipinski definition) is 1. The van der Waals surface area contributed by atoms with Gasteiger partial charge in [0.25, 0.3) is 0 Å². The van der Waals surface area contributed by atoms with Crippen molar-refractivity contribution < 1.29 is 4.39 Å². The molecule has 0 saturated carbocycles. The third-order valence-electron chi connectivity index (χ3n) is 2.49. The summed E-state index contributed by atoms with van der Waals surface area (Å²) in [5.41, 5.74) is 1.17. The second kappa shape index (κ2) is 5.21. The van der Waals surface area contributed by atoms with E-state index in [0.717, 1.165) is 5.56 Å². The molecule has 1 N–H and O–H groups in total. The van der Waals surface area contributed by atoms with Gasteiger partial charge < -0.3 is 5.32 Å². The van der Waals surface area contributed by atoms with Crippen molar-refractivity contribution >= 4 is 11.6 Å². The van der Waals surface area contributed by atoms with Crippen molar-refractivity contribution in [2.24, 2.45) is 0 Å². The van der Waals surface area contributed by atoms with E-state index in [9.17, 15) is 4.39 Å². The average Bonchev–Trinajstić information content (AvgIpc) is 2.35. The van der Waals surface area contributed by atoms with Gasteiger partial charge in [0.1, 0.15) is 12.1 Å². The summed E-state index contributed by atoms with van der Waals surface area (Å²) in [6, 6.07) is 4.27. The topological polar surface area (TPSA) is 37.8 Å². The summed E-state index contributed by atoms with van der Waals surface area (Å²) in [6.45, 7) is 0. The van der Waals surface area contributed by atoms with Crippen LogP contribution in [0.4, 0.5) is 4.39 Å². The Kier molecular flexibility index (Phi) is 3.66. The first-order chi connectivity index (χ1) is 8.24. The third-order valence-corrected chi connectivity index (χ3v) is 2.82. The van der Waals surface area contributed by atoms with Gasteiger partial charge in [-0.05, 0) is 19.2 Å². The largest absolute Gasteiger partial charge is 0.309 e. The number of nitrogens with one attached hydrogen (secondary N) is 1. The van der Waals surface area contributed by atoms with Crippen molar-refractivity contribution in [2.45, 2.75) is 6.04 Å². The SMILES string of the molecule is CNC(c1cncnc1)c1c(F)cccc1Cl. The van der Waals surface area contributed by atoms with Crippen LogP contribution in [0.15, 0.2) is 36.9 Å². The number of benzene rings is 1. The predicted octanol–water partition coefficient (Wildman–Crippen LogP) is 2.58. The fraction of sp³-hybridized carbons (Fsp3) is 0.167. The van der Waals surface area contributed by atoms with E-state index < -0.39 is 0 Å². The van der Waals surface area contributed by atoms with Crippen molar-refractivity contribution in [1.82, 2.24) is 15.3 Å². The molecule has 1 aromatic heterocycles. The molecule has 0 radical (unpaired) electrons. The number of aromatic nitrogens is 2. The quantitative estimate of drug-likeness (QED) is 0.911. The summed E-state index contributed by atoms with van der Waals surface area (Å²) in [5, 5.41) is 3.39. The first kappa shape index (κ1) is 12.0. The average molecular weight is 252 g/mol. The molecule has 1 heterocycles. The molecule has 2 aromatic rings. The van der Waals surface area contributed by atoms with Gasteiger partial charge >= 0.3 is 0 Å². The molecule has 1 unspecified atom stereocenters. The molecule has 1 aromatic carbocycles. The van der Waals surface area contributed by atoms with E-state index in [1.165, 1.54) is 12.4 Å². The molecule has 17 heavy (non-hydrogen) atoms. The molecule has 88 valence electrons. The summed E-state index contributed by atoms with van der Waals surface area (Å²) in [4.78, 5) is 7.84. The van der Waals surface area contributed by atoms with Crippen LogP contribution in [0.1, 0.15) is 17.2 Å². The Bertz CT molecular complexity index is 484. The minimum atomic E-state index is -0.357. The van der Waals surface area contributed by atoms with E-state index in [2.05, 4.69) is 15.3 Å². The fourth-order valence-electron chi connectivity index (χ4n) is 1.72. The highest BCUT2D eigenvalue weighted by Crippen LogP contribution is 2.29. The molecule has 5 heteroatoms. The molecule has 1 atom stereocenters. The predicted molar refractivity (Wildman–Crippen MR) is 64.3 cm³/mol. The molecular weight excluding hydrogens is 241 g/mol. The third kappa shape index (κ3) is 2.43. The lowest BCUT2D eigenvalue weighted by atomic mass is 10.0. The Balaban J connectivity index is 2.50. The normalized spacial score (nSPS) is 12.4. The highest BCUT2D eigenvalue weighted by atomic mass is 35.5. The van der Waals surface area contributed by atoms with Crippen molar-refractivity contribution in [3.05, 3.63) is 58.9 Å². The first-order valence-corrected chi connectivity index (χ1v) is 5.48. The van der Waals surface area contributed by atoms with Gasteiger partial charge in [-0.25, -0.2) is 14.4 Å². The zero-order chi connectivity index (χ0) is 12.3. The second-order valence-electron chi connectivity index (χ2n) is 3.53. The van der Waals surface area contributed by atoms with Gasteiger partial charge in [0, 0.05) is 28.5 Å². The molecule has 0 aliphatic carbocycles. The molecule has 0 bridgehead atoms. The van der Waals surface area contributed by atoms with Gasteiger partial charge in [0.2, 0.25) is 0 Å². The molecule has 0 aliphatic rings. The van der Waals surface area contributed by atoms with Crippen molar-refractivity contribution in [3.8, 4) is 0 Å². The molecule has 0 fully saturated rings. The van der Waals surface area contributed by atoms with E-state index in [0.29, 0.717) is 10.6 Å².